The van der Waals surface area contributed by atoms with Crippen LogP contribution in [-0.2, 0) is 18.5 Å². The number of likely N-dealkylation sites (tertiary alicyclic amines) is 3. The molecule has 6 aromatic carbocycles. The van der Waals surface area contributed by atoms with Crippen molar-refractivity contribution in [3.63, 3.8) is 0 Å². The zero-order chi connectivity index (χ0) is 78.0. The van der Waals surface area contributed by atoms with E-state index in [1.165, 1.54) is 0 Å². The van der Waals surface area contributed by atoms with Crippen molar-refractivity contribution in [3.8, 4) is 18.2 Å². The first-order valence-corrected chi connectivity index (χ1v) is 36.7. The van der Waals surface area contributed by atoms with Crippen LogP contribution in [-0.4, -0.2) is 155 Å². The van der Waals surface area contributed by atoms with Gasteiger partial charge in [-0.3, -0.25) is 4.90 Å². The molecule has 3 heterocycles. The maximum absolute atomic E-state index is 13.9. The molecule has 12 rings (SSSR count). The molecule has 2 unspecified atom stereocenters. The lowest BCUT2D eigenvalue weighted by Gasteiger charge is -2.38. The topological polar surface area (TPSA) is 198 Å². The van der Waals surface area contributed by atoms with Gasteiger partial charge in [0, 0.05) is 87.5 Å². The van der Waals surface area contributed by atoms with Gasteiger partial charge in [0.2, 0.25) is 0 Å². The SMILES string of the molecule is N#Cc1ccc(C2=CCC(N(CCN3CCCC3)C(=O)Nc3cc(F)cc(C(F)(F)F)c3)CC2)cc1.N#Cc1ccc(C2=CCC(N(CCN3CCCC3)C(=O)Nc3ccc(F)c(C(F)(F)F)c3)CC2)cc1.N#Cc1cccc(C2CCC(N(CCN3CC[C@@H](O)C3)C(=O)Nc3ccc(F)c(C(F)(F)F)c3)CC2)c1. The molecule has 28 heteroatoms. The van der Waals surface area contributed by atoms with Gasteiger partial charge < -0.3 is 45.6 Å². The Kier molecular flexibility index (Phi) is 28.0. The molecule has 6 amide bonds. The highest BCUT2D eigenvalue weighted by molar-refractivity contribution is 5.91. The molecule has 3 atom stereocenters. The van der Waals surface area contributed by atoms with Crippen LogP contribution in [0.4, 0.5) is 84.1 Å². The molecule has 1 saturated carbocycles. The number of carbonyl (C=O) groups is 3. The lowest BCUT2D eigenvalue weighted by molar-refractivity contribution is -0.140. The van der Waals surface area contributed by atoms with Gasteiger partial charge in [-0.05, 0) is 247 Å². The Morgan fingerprint density at radius 1 is 0.459 bits per heavy atom. The van der Waals surface area contributed by atoms with Crippen LogP contribution in [0.1, 0.15) is 152 Å². The van der Waals surface area contributed by atoms with E-state index in [-0.39, 0.29) is 41.1 Å². The molecule has 109 heavy (non-hydrogen) atoms. The first kappa shape index (κ1) is 81.6. The zero-order valence-corrected chi connectivity index (χ0v) is 60.0. The van der Waals surface area contributed by atoms with E-state index in [0.29, 0.717) is 138 Å². The van der Waals surface area contributed by atoms with Gasteiger partial charge in [0.25, 0.3) is 0 Å². The number of aliphatic hydroxyl groups excluding tert-OH is 1. The summed E-state index contributed by atoms with van der Waals surface area (Å²) < 4.78 is 160. The van der Waals surface area contributed by atoms with E-state index in [0.717, 1.165) is 136 Å². The summed E-state index contributed by atoms with van der Waals surface area (Å²) in [5.74, 6) is -3.57. The summed E-state index contributed by atoms with van der Waals surface area (Å²) in [6.07, 6.45) is 1.51. The lowest BCUT2D eigenvalue weighted by Crippen LogP contribution is -2.47. The van der Waals surface area contributed by atoms with Crippen molar-refractivity contribution in [2.45, 2.75) is 145 Å². The minimum Gasteiger partial charge on any atom is -0.392 e. The van der Waals surface area contributed by atoms with Gasteiger partial charge >= 0.3 is 36.6 Å². The molecule has 6 aliphatic rings. The zero-order valence-electron chi connectivity index (χ0n) is 60.0. The summed E-state index contributed by atoms with van der Waals surface area (Å²) in [4.78, 5) is 51.4. The highest BCUT2D eigenvalue weighted by Gasteiger charge is 2.39. The number of alkyl halides is 9. The molecule has 6 aromatic rings. The Morgan fingerprint density at radius 3 is 1.30 bits per heavy atom. The van der Waals surface area contributed by atoms with Crippen LogP contribution in [0, 0.1) is 51.4 Å². The molecule has 578 valence electrons. The third-order valence-electron chi connectivity index (χ3n) is 21.0. The molecule has 3 saturated heterocycles. The Bertz CT molecular complexity index is 4300. The number of halogens is 12. The summed E-state index contributed by atoms with van der Waals surface area (Å²) in [6, 6.07) is 33.7. The van der Waals surface area contributed by atoms with Gasteiger partial charge in [0.1, 0.15) is 17.5 Å². The molecule has 3 aliphatic heterocycles. The second-order valence-electron chi connectivity index (χ2n) is 28.3. The van der Waals surface area contributed by atoms with E-state index in [2.05, 4.69) is 61.0 Å². The van der Waals surface area contributed by atoms with Crippen molar-refractivity contribution in [3.05, 3.63) is 207 Å². The van der Waals surface area contributed by atoms with Crippen LogP contribution in [0.25, 0.3) is 11.1 Å². The number of nitrogens with zero attached hydrogens (tertiary/aromatic N) is 9. The van der Waals surface area contributed by atoms with Crippen LogP contribution in [0.15, 0.2) is 140 Å². The van der Waals surface area contributed by atoms with Crippen molar-refractivity contribution in [1.82, 2.24) is 29.4 Å². The second kappa shape index (κ2) is 37.5. The number of hydrogen-bond donors (Lipinski definition) is 4. The van der Waals surface area contributed by atoms with Gasteiger partial charge in [0.05, 0.1) is 57.7 Å². The Labute approximate surface area is 625 Å². The Balaban J connectivity index is 0.000000174. The van der Waals surface area contributed by atoms with Crippen LogP contribution in [0.3, 0.4) is 0 Å². The molecule has 4 N–H and O–H groups in total. The van der Waals surface area contributed by atoms with Gasteiger partial charge in [-0.1, -0.05) is 48.6 Å². The van der Waals surface area contributed by atoms with Crippen LogP contribution in [0.5, 0.6) is 0 Å². The van der Waals surface area contributed by atoms with Crippen LogP contribution >= 0.6 is 0 Å². The maximum atomic E-state index is 13.9. The first-order chi connectivity index (χ1) is 52.1. The molecule has 4 fully saturated rings. The molecule has 0 spiro atoms. The minimum atomic E-state index is -4.87. The van der Waals surface area contributed by atoms with E-state index in [1.807, 2.05) is 42.5 Å². The number of rotatable bonds is 18. The summed E-state index contributed by atoms with van der Waals surface area (Å²) in [6.45, 7) is 8.21. The summed E-state index contributed by atoms with van der Waals surface area (Å²) in [7, 11) is 0. The fraction of sp³-hybridized carbons (Fsp3) is 0.432. The number of hydrogen-bond acceptors (Lipinski definition) is 10. The van der Waals surface area contributed by atoms with Crippen molar-refractivity contribution < 1.29 is 72.2 Å². The molecule has 0 radical (unpaired) electrons. The van der Waals surface area contributed by atoms with Gasteiger partial charge in [0.15, 0.2) is 0 Å². The standard InChI is InChI=1S/C27H30F4N4O2.2C27H28F4N4O/c28-25-9-6-21(15-24(25)27(29,30)31)33-26(37)35(13-12-34-11-10-23(36)17-34)22-7-4-19(5-8-22)20-3-1-2-18(14-20)16-32;28-25-12-9-22(17-24(25)27(29,30)31)33-26(36)35(16-15-34-13-1-2-14-34)23-10-7-21(8-11-23)20-5-3-19(18-32)4-6-20;28-23-15-22(27(29,30)31)16-24(17-23)33-26(36)35(14-13-34-11-1-2-12-34)25-9-7-21(8-10-25)20-5-3-19(18-32)4-6-20/h1-3,6,9,14-15,19,22-23,36H,4-5,7-8,10-13,17H2,(H,33,37);3-7,9,12,17,23H,1-2,8,10-11,13-16H2,(H,33,36);3-7,15-17,25H,1-2,8-14H2,(H,33,36)/t19?,22?,23-;;/m1../s1. The van der Waals surface area contributed by atoms with Crippen molar-refractivity contribution in [2.75, 3.05) is 94.5 Å². The van der Waals surface area contributed by atoms with E-state index < -0.39 is 76.9 Å². The van der Waals surface area contributed by atoms with Crippen molar-refractivity contribution in [1.29, 1.82) is 15.8 Å². The summed E-state index contributed by atoms with van der Waals surface area (Å²) in [5, 5.41) is 44.6. The van der Waals surface area contributed by atoms with E-state index >= 15 is 0 Å². The largest absolute Gasteiger partial charge is 0.419 e. The number of urea groups is 3. The fourth-order valence-corrected chi connectivity index (χ4v) is 15.0. The maximum Gasteiger partial charge on any atom is 0.419 e. The summed E-state index contributed by atoms with van der Waals surface area (Å²) >= 11 is 0. The number of aliphatic hydroxyl groups is 1. The smallest absolute Gasteiger partial charge is 0.392 e. The van der Waals surface area contributed by atoms with Crippen molar-refractivity contribution >= 4 is 46.3 Å². The summed E-state index contributed by atoms with van der Waals surface area (Å²) in [5.41, 5.74) is 2.79. The third-order valence-corrected chi connectivity index (χ3v) is 21.0. The number of allylic oxidation sites excluding steroid dienone is 2. The number of β-amino-alcohol motifs (C(OH)–C–C–N with tert-alkyl or cyclic N) is 1. The quantitative estimate of drug-likeness (QED) is 0.0601. The number of amides is 6. The third kappa shape index (κ3) is 23.1. The fourth-order valence-electron chi connectivity index (χ4n) is 15.0. The number of benzene rings is 6. The van der Waals surface area contributed by atoms with Crippen molar-refractivity contribution in [2.24, 2.45) is 0 Å². The molecule has 16 nitrogen and oxygen atoms in total. The van der Waals surface area contributed by atoms with Crippen LogP contribution < -0.4 is 16.0 Å². The monoisotopic (exact) mass is 1520 g/mol. The number of nitrogens with one attached hydrogen (secondary N) is 3. The van der Waals surface area contributed by atoms with Gasteiger partial charge in [-0.25, -0.2) is 27.6 Å². The Morgan fingerprint density at radius 2 is 0.899 bits per heavy atom. The predicted octanol–water partition coefficient (Wildman–Crippen LogP) is 17.9. The molecular weight excluding hydrogens is 1430 g/mol. The van der Waals surface area contributed by atoms with E-state index in [4.69, 9.17) is 10.5 Å². The highest BCUT2D eigenvalue weighted by atomic mass is 19.4. The molecule has 0 aromatic heterocycles. The number of anilines is 3. The second-order valence-corrected chi connectivity index (χ2v) is 28.3. The van der Waals surface area contributed by atoms with E-state index in [1.54, 1.807) is 45.0 Å². The molecule has 3 aliphatic carbocycles. The van der Waals surface area contributed by atoms with E-state index in [9.17, 15) is 77.4 Å². The Hall–Kier alpha value is -9.92. The predicted molar refractivity (Wildman–Crippen MR) is 389 cm³/mol. The lowest BCUT2D eigenvalue weighted by atomic mass is 9.81. The molecular formula is C81H86F12N12O4. The first-order valence-electron chi connectivity index (χ1n) is 36.7. The van der Waals surface area contributed by atoms with Gasteiger partial charge in [-0.15, -0.1) is 0 Å². The molecule has 0 bridgehead atoms. The van der Waals surface area contributed by atoms with Gasteiger partial charge in [-0.2, -0.15) is 55.3 Å². The number of nitriles is 3. The van der Waals surface area contributed by atoms with Crippen LogP contribution in [0.2, 0.25) is 0 Å². The number of carbonyl (C=O) groups excluding carboxylic acids is 3. The normalized spacial score (nSPS) is 19.8. The average molecular weight is 1520 g/mol. The highest BCUT2D eigenvalue weighted by Crippen LogP contribution is 2.40. The average Bonchev–Trinajstić information content (AvgIpc) is 1.59. The minimum absolute atomic E-state index is 0.0930.